The van der Waals surface area contributed by atoms with Crippen LogP contribution in [0.4, 0.5) is 5.82 Å². The zero-order valence-electron chi connectivity index (χ0n) is 12.7. The van der Waals surface area contributed by atoms with Crippen LogP contribution in [0, 0.1) is 0 Å². The van der Waals surface area contributed by atoms with Crippen molar-refractivity contribution in [1.29, 1.82) is 0 Å². The average Bonchev–Trinajstić information content (AvgIpc) is 2.98. The highest BCUT2D eigenvalue weighted by Gasteiger charge is 2.11. The van der Waals surface area contributed by atoms with Crippen LogP contribution in [0.15, 0.2) is 6.07 Å². The second kappa shape index (κ2) is 8.04. The molecule has 2 heterocycles. The van der Waals surface area contributed by atoms with Gasteiger partial charge in [-0.15, -0.1) is 0 Å². The van der Waals surface area contributed by atoms with Crippen LogP contribution in [0.3, 0.4) is 0 Å². The third-order valence-corrected chi connectivity index (χ3v) is 3.48. The number of hydrogen-bond acceptors (Lipinski definition) is 5. The van der Waals surface area contributed by atoms with Crippen LogP contribution in [0.2, 0.25) is 0 Å². The van der Waals surface area contributed by atoms with Crippen molar-refractivity contribution in [3.8, 4) is 5.88 Å². The van der Waals surface area contributed by atoms with E-state index in [-0.39, 0.29) is 0 Å². The average molecular weight is 278 g/mol. The van der Waals surface area contributed by atoms with Crippen LogP contribution in [-0.2, 0) is 6.42 Å². The summed E-state index contributed by atoms with van der Waals surface area (Å²) in [4.78, 5) is 11.3. The predicted octanol–water partition coefficient (Wildman–Crippen LogP) is 2.34. The Morgan fingerprint density at radius 1 is 1.25 bits per heavy atom. The summed E-state index contributed by atoms with van der Waals surface area (Å²) >= 11 is 0. The van der Waals surface area contributed by atoms with Crippen molar-refractivity contribution in [3.63, 3.8) is 0 Å². The normalized spacial score (nSPS) is 15.5. The molecule has 0 amide bonds. The standard InChI is InChI=1S/C15H26N4O/c1-3-7-16-14-12-15(18-13(4-2)17-14)20-11-10-19-8-5-6-9-19/h12H,3-11H2,1-2H3,(H,16,17,18). The molecule has 1 aromatic rings. The summed E-state index contributed by atoms with van der Waals surface area (Å²) in [5, 5.41) is 3.30. The zero-order valence-corrected chi connectivity index (χ0v) is 12.7. The Hall–Kier alpha value is -1.36. The van der Waals surface area contributed by atoms with E-state index in [0.29, 0.717) is 12.5 Å². The van der Waals surface area contributed by atoms with Gasteiger partial charge >= 0.3 is 0 Å². The molecular weight excluding hydrogens is 252 g/mol. The molecule has 1 aliphatic heterocycles. The van der Waals surface area contributed by atoms with E-state index in [4.69, 9.17) is 4.74 Å². The molecule has 0 aliphatic carbocycles. The van der Waals surface area contributed by atoms with E-state index in [1.54, 1.807) is 0 Å². The lowest BCUT2D eigenvalue weighted by Crippen LogP contribution is -2.25. The van der Waals surface area contributed by atoms with E-state index in [1.165, 1.54) is 25.9 Å². The number of ether oxygens (including phenoxy) is 1. The summed E-state index contributed by atoms with van der Waals surface area (Å²) in [7, 11) is 0. The summed E-state index contributed by atoms with van der Waals surface area (Å²) in [5.41, 5.74) is 0. The van der Waals surface area contributed by atoms with E-state index in [2.05, 4.69) is 34.0 Å². The molecule has 1 aliphatic rings. The van der Waals surface area contributed by atoms with Crippen molar-refractivity contribution in [1.82, 2.24) is 14.9 Å². The van der Waals surface area contributed by atoms with Gasteiger partial charge in [0.05, 0.1) is 0 Å². The van der Waals surface area contributed by atoms with Gasteiger partial charge in [0, 0.05) is 25.6 Å². The lowest BCUT2D eigenvalue weighted by molar-refractivity contribution is 0.231. The second-order valence-corrected chi connectivity index (χ2v) is 5.19. The number of rotatable bonds is 8. The third kappa shape index (κ3) is 4.63. The molecule has 112 valence electrons. The molecule has 2 rings (SSSR count). The molecule has 0 spiro atoms. The molecule has 0 aromatic carbocycles. The van der Waals surface area contributed by atoms with Crippen molar-refractivity contribution in [2.45, 2.75) is 39.5 Å². The van der Waals surface area contributed by atoms with Gasteiger partial charge < -0.3 is 10.1 Å². The summed E-state index contributed by atoms with van der Waals surface area (Å²) < 4.78 is 5.80. The van der Waals surface area contributed by atoms with E-state index in [0.717, 1.165) is 37.6 Å². The Morgan fingerprint density at radius 3 is 2.75 bits per heavy atom. The predicted molar refractivity (Wildman–Crippen MR) is 81.4 cm³/mol. The quantitative estimate of drug-likeness (QED) is 0.791. The van der Waals surface area contributed by atoms with E-state index in [9.17, 15) is 0 Å². The Balaban J connectivity index is 1.87. The number of nitrogens with zero attached hydrogens (tertiary/aromatic N) is 3. The van der Waals surface area contributed by atoms with E-state index >= 15 is 0 Å². The monoisotopic (exact) mass is 278 g/mol. The van der Waals surface area contributed by atoms with Crippen molar-refractivity contribution in [3.05, 3.63) is 11.9 Å². The summed E-state index contributed by atoms with van der Waals surface area (Å²) in [5.74, 6) is 2.40. The van der Waals surface area contributed by atoms with Crippen molar-refractivity contribution in [2.75, 3.05) is 38.1 Å². The Bertz CT molecular complexity index is 405. The molecule has 0 radical (unpaired) electrons. The van der Waals surface area contributed by atoms with Gasteiger partial charge in [-0.2, -0.15) is 4.98 Å². The summed E-state index contributed by atoms with van der Waals surface area (Å²) in [6, 6.07) is 1.90. The Labute approximate surface area is 121 Å². The highest BCUT2D eigenvalue weighted by molar-refractivity contribution is 5.38. The van der Waals surface area contributed by atoms with Crippen LogP contribution >= 0.6 is 0 Å². The first-order valence-corrected chi connectivity index (χ1v) is 7.78. The van der Waals surface area contributed by atoms with Crippen molar-refractivity contribution >= 4 is 5.82 Å². The molecular formula is C15H26N4O. The first-order chi connectivity index (χ1) is 9.81. The number of anilines is 1. The molecule has 1 fully saturated rings. The minimum atomic E-state index is 0.689. The molecule has 0 unspecified atom stereocenters. The minimum absolute atomic E-state index is 0.689. The van der Waals surface area contributed by atoms with Gasteiger partial charge in [-0.3, -0.25) is 4.90 Å². The molecule has 20 heavy (non-hydrogen) atoms. The zero-order chi connectivity index (χ0) is 14.2. The second-order valence-electron chi connectivity index (χ2n) is 5.19. The fourth-order valence-electron chi connectivity index (χ4n) is 2.33. The lowest BCUT2D eigenvalue weighted by atomic mass is 10.4. The van der Waals surface area contributed by atoms with Gasteiger partial charge in [-0.1, -0.05) is 13.8 Å². The number of hydrogen-bond donors (Lipinski definition) is 1. The van der Waals surface area contributed by atoms with Crippen LogP contribution in [-0.4, -0.2) is 47.7 Å². The molecule has 1 N–H and O–H groups in total. The van der Waals surface area contributed by atoms with E-state index in [1.807, 2.05) is 6.07 Å². The topological polar surface area (TPSA) is 50.3 Å². The molecule has 1 aromatic heterocycles. The maximum absolute atomic E-state index is 5.80. The number of likely N-dealkylation sites (tertiary alicyclic amines) is 1. The van der Waals surface area contributed by atoms with Gasteiger partial charge in [0.15, 0.2) is 0 Å². The smallest absolute Gasteiger partial charge is 0.218 e. The lowest BCUT2D eigenvalue weighted by Gasteiger charge is -2.15. The van der Waals surface area contributed by atoms with E-state index < -0.39 is 0 Å². The van der Waals surface area contributed by atoms with Gasteiger partial charge in [0.2, 0.25) is 5.88 Å². The summed E-state index contributed by atoms with van der Waals surface area (Å²) in [6.07, 6.45) is 4.54. The molecule has 0 atom stereocenters. The van der Waals surface area contributed by atoms with Crippen LogP contribution < -0.4 is 10.1 Å². The van der Waals surface area contributed by atoms with Gasteiger partial charge in [0.1, 0.15) is 18.2 Å². The SMILES string of the molecule is CCCNc1cc(OCCN2CCCC2)nc(CC)n1. The van der Waals surface area contributed by atoms with Crippen molar-refractivity contribution < 1.29 is 4.74 Å². The van der Waals surface area contributed by atoms with Crippen LogP contribution in [0.25, 0.3) is 0 Å². The Kier molecular flexibility index (Phi) is 6.05. The summed E-state index contributed by atoms with van der Waals surface area (Å²) in [6.45, 7) is 9.23. The highest BCUT2D eigenvalue weighted by Crippen LogP contribution is 2.14. The Morgan fingerprint density at radius 2 is 2.05 bits per heavy atom. The molecule has 0 saturated carbocycles. The minimum Gasteiger partial charge on any atom is -0.476 e. The fraction of sp³-hybridized carbons (Fsp3) is 0.733. The molecule has 5 nitrogen and oxygen atoms in total. The number of nitrogens with one attached hydrogen (secondary N) is 1. The maximum Gasteiger partial charge on any atom is 0.218 e. The first-order valence-electron chi connectivity index (χ1n) is 7.78. The van der Waals surface area contributed by atoms with Gasteiger partial charge in [0.25, 0.3) is 0 Å². The van der Waals surface area contributed by atoms with Gasteiger partial charge in [-0.05, 0) is 32.4 Å². The molecule has 0 bridgehead atoms. The van der Waals surface area contributed by atoms with Crippen molar-refractivity contribution in [2.24, 2.45) is 0 Å². The van der Waals surface area contributed by atoms with Gasteiger partial charge in [-0.25, -0.2) is 4.98 Å². The molecule has 5 heteroatoms. The number of aryl methyl sites for hydroxylation is 1. The maximum atomic E-state index is 5.80. The third-order valence-electron chi connectivity index (χ3n) is 3.48. The number of aromatic nitrogens is 2. The first kappa shape index (κ1) is 15.0. The fourth-order valence-corrected chi connectivity index (χ4v) is 2.33. The largest absolute Gasteiger partial charge is 0.476 e. The van der Waals surface area contributed by atoms with Crippen LogP contribution in [0.1, 0.15) is 38.9 Å². The highest BCUT2D eigenvalue weighted by atomic mass is 16.5. The molecule has 1 saturated heterocycles. The van der Waals surface area contributed by atoms with Crippen LogP contribution in [0.5, 0.6) is 5.88 Å².